The maximum absolute atomic E-state index is 11.7. The minimum absolute atomic E-state index is 0.207. The fourth-order valence-electron chi connectivity index (χ4n) is 2.50. The fourth-order valence-corrected chi connectivity index (χ4v) is 2.50. The van der Waals surface area contributed by atoms with Crippen LogP contribution in [-0.4, -0.2) is 17.9 Å². The molecule has 0 bridgehead atoms. The van der Waals surface area contributed by atoms with E-state index >= 15 is 0 Å². The summed E-state index contributed by atoms with van der Waals surface area (Å²) in [4.78, 5) is 13.6. The van der Waals surface area contributed by atoms with Crippen molar-refractivity contribution in [1.82, 2.24) is 4.90 Å². The summed E-state index contributed by atoms with van der Waals surface area (Å²) in [5.41, 5.74) is 3.34. The Bertz CT molecular complexity index is 490. The van der Waals surface area contributed by atoms with Gasteiger partial charge in [0.25, 0.3) is 0 Å². The normalized spacial score (nSPS) is 18.6. The molecule has 1 fully saturated rings. The zero-order valence-corrected chi connectivity index (χ0v) is 9.19. The Labute approximate surface area is 94.3 Å². The lowest BCUT2D eigenvalue weighted by Gasteiger charge is -2.27. The van der Waals surface area contributed by atoms with E-state index in [-0.39, 0.29) is 5.91 Å². The Hall–Kier alpha value is -1.77. The summed E-state index contributed by atoms with van der Waals surface area (Å²) in [5, 5.41) is 0. The molecule has 0 aliphatic carbocycles. The van der Waals surface area contributed by atoms with Crippen LogP contribution in [0.25, 0.3) is 5.76 Å². The lowest BCUT2D eigenvalue weighted by atomic mass is 10.00. The Balaban J connectivity index is 2.19. The molecule has 2 aliphatic rings. The number of allylic oxidation sites excluding steroid dienone is 1. The molecule has 0 unspecified atom stereocenters. The number of amides is 1. The van der Waals surface area contributed by atoms with E-state index in [1.54, 1.807) is 7.11 Å². The number of rotatable bonds is 1. The molecule has 1 aromatic carbocycles. The molecule has 0 saturated carbocycles. The van der Waals surface area contributed by atoms with Crippen molar-refractivity contribution in [2.75, 3.05) is 7.11 Å². The first-order valence-electron chi connectivity index (χ1n) is 5.47. The minimum Gasteiger partial charge on any atom is -0.494 e. The van der Waals surface area contributed by atoms with Gasteiger partial charge in [0, 0.05) is 18.4 Å². The SMILES string of the molecule is COC1=C2CCC(=O)N2Cc2ccccc21. The zero-order chi connectivity index (χ0) is 11.1. The van der Waals surface area contributed by atoms with Gasteiger partial charge in [-0.3, -0.25) is 4.79 Å². The van der Waals surface area contributed by atoms with Crippen LogP contribution in [0.2, 0.25) is 0 Å². The van der Waals surface area contributed by atoms with Crippen molar-refractivity contribution in [3.63, 3.8) is 0 Å². The highest BCUT2D eigenvalue weighted by Crippen LogP contribution is 2.37. The number of fused-ring (bicyclic) bond motifs is 2. The van der Waals surface area contributed by atoms with Gasteiger partial charge in [0.15, 0.2) is 0 Å². The molecule has 3 nitrogen and oxygen atoms in total. The van der Waals surface area contributed by atoms with Gasteiger partial charge in [0.05, 0.1) is 19.4 Å². The van der Waals surface area contributed by atoms with Crippen molar-refractivity contribution in [3.8, 4) is 0 Å². The predicted octanol–water partition coefficient (Wildman–Crippen LogP) is 2.14. The number of carbonyl (C=O) groups excluding carboxylic acids is 1. The second-order valence-electron chi connectivity index (χ2n) is 4.12. The van der Waals surface area contributed by atoms with Gasteiger partial charge in [-0.05, 0) is 5.56 Å². The fraction of sp³-hybridized carbons (Fsp3) is 0.308. The highest BCUT2D eigenvalue weighted by atomic mass is 16.5. The van der Waals surface area contributed by atoms with Gasteiger partial charge in [0.2, 0.25) is 5.91 Å². The van der Waals surface area contributed by atoms with Crippen molar-refractivity contribution in [3.05, 3.63) is 41.1 Å². The zero-order valence-electron chi connectivity index (χ0n) is 9.19. The van der Waals surface area contributed by atoms with Crippen molar-refractivity contribution >= 4 is 11.7 Å². The molecule has 1 amide bonds. The summed E-state index contributed by atoms with van der Waals surface area (Å²) in [5.74, 6) is 1.08. The Morgan fingerprint density at radius 2 is 2.06 bits per heavy atom. The molecule has 82 valence electrons. The summed E-state index contributed by atoms with van der Waals surface area (Å²) >= 11 is 0. The molecular weight excluding hydrogens is 202 g/mol. The van der Waals surface area contributed by atoms with Crippen LogP contribution in [0.15, 0.2) is 30.0 Å². The molecule has 2 aliphatic heterocycles. The van der Waals surface area contributed by atoms with Crippen molar-refractivity contribution < 1.29 is 9.53 Å². The van der Waals surface area contributed by atoms with Crippen LogP contribution in [0.1, 0.15) is 24.0 Å². The van der Waals surface area contributed by atoms with Crippen LogP contribution >= 0.6 is 0 Å². The summed E-state index contributed by atoms with van der Waals surface area (Å²) in [6.07, 6.45) is 1.41. The number of ether oxygens (including phenoxy) is 1. The van der Waals surface area contributed by atoms with Crippen LogP contribution in [-0.2, 0) is 16.1 Å². The standard InChI is InChI=1S/C13H13NO2/c1-16-13-10-5-3-2-4-9(10)8-14-11(13)6-7-12(14)15/h2-5H,6-8H2,1H3. The third kappa shape index (κ3) is 1.18. The van der Waals surface area contributed by atoms with E-state index in [1.807, 2.05) is 17.0 Å². The number of hydrogen-bond donors (Lipinski definition) is 0. The van der Waals surface area contributed by atoms with E-state index in [0.717, 1.165) is 23.4 Å². The van der Waals surface area contributed by atoms with Crippen molar-refractivity contribution in [2.24, 2.45) is 0 Å². The van der Waals surface area contributed by atoms with Gasteiger partial charge < -0.3 is 9.64 Å². The minimum atomic E-state index is 0.207. The van der Waals surface area contributed by atoms with Crippen LogP contribution in [0.5, 0.6) is 0 Å². The molecule has 2 heterocycles. The molecule has 0 N–H and O–H groups in total. The first-order valence-corrected chi connectivity index (χ1v) is 5.47. The molecule has 0 spiro atoms. The topological polar surface area (TPSA) is 29.5 Å². The van der Waals surface area contributed by atoms with Crippen LogP contribution in [0.3, 0.4) is 0 Å². The second kappa shape index (κ2) is 3.37. The van der Waals surface area contributed by atoms with Crippen LogP contribution < -0.4 is 0 Å². The maximum Gasteiger partial charge on any atom is 0.227 e. The van der Waals surface area contributed by atoms with Gasteiger partial charge in [-0.25, -0.2) is 0 Å². The molecule has 0 radical (unpaired) electrons. The van der Waals surface area contributed by atoms with Gasteiger partial charge in [-0.2, -0.15) is 0 Å². The average Bonchev–Trinajstić information content (AvgIpc) is 2.68. The van der Waals surface area contributed by atoms with Crippen LogP contribution in [0, 0.1) is 0 Å². The van der Waals surface area contributed by atoms with Gasteiger partial charge in [0.1, 0.15) is 5.76 Å². The average molecular weight is 215 g/mol. The molecule has 1 saturated heterocycles. The molecule has 3 heteroatoms. The smallest absolute Gasteiger partial charge is 0.227 e. The molecule has 0 aromatic heterocycles. The van der Waals surface area contributed by atoms with Crippen molar-refractivity contribution in [1.29, 1.82) is 0 Å². The number of nitrogens with zero attached hydrogens (tertiary/aromatic N) is 1. The Kier molecular flexibility index (Phi) is 1.99. The lowest BCUT2D eigenvalue weighted by molar-refractivity contribution is -0.127. The first-order chi connectivity index (χ1) is 7.81. The van der Waals surface area contributed by atoms with E-state index in [4.69, 9.17) is 4.74 Å². The highest BCUT2D eigenvalue weighted by molar-refractivity contribution is 5.86. The van der Waals surface area contributed by atoms with E-state index in [9.17, 15) is 4.79 Å². The second-order valence-corrected chi connectivity index (χ2v) is 4.12. The molecule has 16 heavy (non-hydrogen) atoms. The quantitative estimate of drug-likeness (QED) is 0.718. The molecule has 0 atom stereocenters. The van der Waals surface area contributed by atoms with Crippen LogP contribution in [0.4, 0.5) is 0 Å². The van der Waals surface area contributed by atoms with Gasteiger partial charge in [-0.1, -0.05) is 24.3 Å². The number of methoxy groups -OCH3 is 1. The first kappa shape index (κ1) is 9.46. The summed E-state index contributed by atoms with van der Waals surface area (Å²) in [7, 11) is 1.67. The monoisotopic (exact) mass is 215 g/mol. The highest BCUT2D eigenvalue weighted by Gasteiger charge is 2.33. The van der Waals surface area contributed by atoms with E-state index in [0.29, 0.717) is 13.0 Å². The van der Waals surface area contributed by atoms with Crippen molar-refractivity contribution in [2.45, 2.75) is 19.4 Å². The largest absolute Gasteiger partial charge is 0.494 e. The lowest BCUT2D eigenvalue weighted by Crippen LogP contribution is -2.27. The molecule has 1 aromatic rings. The molecule has 3 rings (SSSR count). The third-order valence-corrected chi connectivity index (χ3v) is 3.26. The van der Waals surface area contributed by atoms with Gasteiger partial charge >= 0.3 is 0 Å². The van der Waals surface area contributed by atoms with E-state index < -0.39 is 0 Å². The third-order valence-electron chi connectivity index (χ3n) is 3.26. The molecular formula is C13H13NO2. The summed E-state index contributed by atoms with van der Waals surface area (Å²) in [6.45, 7) is 0.692. The maximum atomic E-state index is 11.7. The predicted molar refractivity (Wildman–Crippen MR) is 60.2 cm³/mol. The van der Waals surface area contributed by atoms with E-state index in [1.165, 1.54) is 5.56 Å². The Morgan fingerprint density at radius 1 is 1.25 bits per heavy atom. The number of hydrogen-bond acceptors (Lipinski definition) is 2. The number of benzene rings is 1. The summed E-state index contributed by atoms with van der Waals surface area (Å²) < 4.78 is 5.47. The number of carbonyl (C=O) groups is 1. The summed E-state index contributed by atoms with van der Waals surface area (Å²) in [6, 6.07) is 8.11. The van der Waals surface area contributed by atoms with Gasteiger partial charge in [-0.15, -0.1) is 0 Å². The van der Waals surface area contributed by atoms with E-state index in [2.05, 4.69) is 12.1 Å². The Morgan fingerprint density at radius 3 is 2.88 bits per heavy atom.